The minimum atomic E-state index is 0.727. The van der Waals surface area contributed by atoms with Crippen molar-refractivity contribution in [1.29, 1.82) is 0 Å². The summed E-state index contributed by atoms with van der Waals surface area (Å²) in [7, 11) is 0. The Bertz CT molecular complexity index is 3240. The first-order chi connectivity index (χ1) is 29.3. The molecule has 0 spiro atoms. The van der Waals surface area contributed by atoms with E-state index in [0.717, 1.165) is 67.5 Å². The van der Waals surface area contributed by atoms with Gasteiger partial charge in [0.05, 0.1) is 45.5 Å². The summed E-state index contributed by atoms with van der Waals surface area (Å²) in [4.78, 5) is 14.8. The quantitative estimate of drug-likeness (QED) is 0.173. The second kappa shape index (κ2) is 13.7. The van der Waals surface area contributed by atoms with Gasteiger partial charge in [-0.3, -0.25) is 0 Å². The molecular weight excluding hydrogens is 759 g/mol. The minimum Gasteiger partial charge on any atom is -0.308 e. The molecule has 1 aromatic heterocycles. The number of aromatic nitrogens is 2. The van der Waals surface area contributed by atoms with Crippen molar-refractivity contribution in [2.45, 2.75) is 9.79 Å². The van der Waals surface area contributed by atoms with Crippen molar-refractivity contribution in [1.82, 2.24) is 9.36 Å². The van der Waals surface area contributed by atoms with Crippen LogP contribution in [0.15, 0.2) is 210 Å². The van der Waals surface area contributed by atoms with E-state index in [4.69, 9.17) is 9.36 Å². The van der Waals surface area contributed by atoms with Gasteiger partial charge in [0.1, 0.15) is 5.01 Å². The Kier molecular flexibility index (Phi) is 7.89. The molecule has 7 heteroatoms. The number of hydrogen-bond donors (Lipinski definition) is 0. The Morgan fingerprint density at radius 2 is 0.881 bits per heavy atom. The summed E-state index contributed by atoms with van der Waals surface area (Å²) >= 11 is 3.24. The largest absolute Gasteiger partial charge is 0.308 e. The van der Waals surface area contributed by atoms with Gasteiger partial charge < -0.3 is 14.7 Å². The first kappa shape index (κ1) is 33.9. The monoisotopic (exact) mass is 791 g/mol. The topological polar surface area (TPSA) is 35.5 Å². The van der Waals surface area contributed by atoms with Crippen LogP contribution in [-0.4, -0.2) is 9.36 Å². The van der Waals surface area contributed by atoms with Crippen molar-refractivity contribution in [2.24, 2.45) is 0 Å². The molecule has 3 heterocycles. The van der Waals surface area contributed by atoms with Gasteiger partial charge in [-0.15, -0.1) is 0 Å². The van der Waals surface area contributed by atoms with Crippen LogP contribution in [0.3, 0.4) is 0 Å². The molecule has 0 bridgehead atoms. The summed E-state index contributed by atoms with van der Waals surface area (Å²) < 4.78 is 4.98. The normalized spacial score (nSPS) is 12.9. The molecule has 0 saturated carbocycles. The number of para-hydroxylation sites is 4. The highest BCUT2D eigenvalue weighted by molar-refractivity contribution is 7.99. The summed E-state index contributed by atoms with van der Waals surface area (Å²) in [5.74, 6) is 0.727. The summed E-state index contributed by atoms with van der Waals surface area (Å²) in [6.07, 6.45) is 0. The molecule has 2 aliphatic rings. The predicted molar refractivity (Wildman–Crippen MR) is 248 cm³/mol. The van der Waals surface area contributed by atoms with E-state index < -0.39 is 0 Å². The van der Waals surface area contributed by atoms with E-state index in [1.54, 1.807) is 11.8 Å². The zero-order valence-electron chi connectivity index (χ0n) is 31.6. The molecule has 0 atom stereocenters. The summed E-state index contributed by atoms with van der Waals surface area (Å²) in [6.45, 7) is 0. The number of anilines is 9. The first-order valence-electron chi connectivity index (χ1n) is 19.7. The van der Waals surface area contributed by atoms with Gasteiger partial charge in [-0.1, -0.05) is 127 Å². The number of nitrogens with zero attached hydrogens (tertiary/aromatic N) is 5. The van der Waals surface area contributed by atoms with Gasteiger partial charge in [0.2, 0.25) is 0 Å². The molecular formula is C52H33N5S2. The van der Waals surface area contributed by atoms with Crippen LogP contribution in [0, 0.1) is 0 Å². The molecule has 0 amide bonds. The third-order valence-electron chi connectivity index (χ3n) is 11.3. The lowest BCUT2D eigenvalue weighted by molar-refractivity contribution is 1.16. The molecule has 0 N–H and O–H groups in total. The molecule has 2 aliphatic heterocycles. The highest BCUT2D eigenvalue weighted by atomic mass is 32.2. The van der Waals surface area contributed by atoms with E-state index in [9.17, 15) is 0 Å². The molecule has 0 saturated heterocycles. The Hall–Kier alpha value is -7.19. The van der Waals surface area contributed by atoms with Crippen LogP contribution in [0.5, 0.6) is 0 Å². The third-order valence-corrected chi connectivity index (χ3v) is 13.2. The third kappa shape index (κ3) is 5.54. The maximum Gasteiger partial charge on any atom is 0.173 e. The number of rotatable bonds is 5. The average Bonchev–Trinajstić information content (AvgIpc) is 3.80. The second-order valence-electron chi connectivity index (χ2n) is 14.7. The lowest BCUT2D eigenvalue weighted by Gasteiger charge is -2.41. The molecule has 278 valence electrons. The molecule has 12 rings (SSSR count). The minimum absolute atomic E-state index is 0.727. The Morgan fingerprint density at radius 3 is 1.61 bits per heavy atom. The SMILES string of the molecule is c1ccc(N2c3ccccc3Sc3cc(-c4nsc(-c5ccc6c(c5)N(c5cccc7ccccc57)c5ccccc5N6c5cccc6ccccc56)n4)ccc32)cc1. The van der Waals surface area contributed by atoms with E-state index in [2.05, 4.69) is 215 Å². The van der Waals surface area contributed by atoms with Gasteiger partial charge in [0.25, 0.3) is 0 Å². The predicted octanol–water partition coefficient (Wildman–Crippen LogP) is 15.4. The van der Waals surface area contributed by atoms with Crippen molar-refractivity contribution in [3.05, 3.63) is 200 Å². The Labute approximate surface area is 350 Å². The lowest BCUT2D eigenvalue weighted by atomic mass is 9.99. The van der Waals surface area contributed by atoms with Crippen molar-refractivity contribution >= 4 is 96.0 Å². The number of fused-ring (bicyclic) bond motifs is 6. The van der Waals surface area contributed by atoms with Gasteiger partial charge >= 0.3 is 0 Å². The van der Waals surface area contributed by atoms with E-state index >= 15 is 0 Å². The van der Waals surface area contributed by atoms with Gasteiger partial charge in [0, 0.05) is 37.4 Å². The van der Waals surface area contributed by atoms with E-state index in [-0.39, 0.29) is 0 Å². The molecule has 0 fully saturated rings. The summed E-state index contributed by atoms with van der Waals surface area (Å²) in [6, 6.07) is 71.7. The zero-order chi connectivity index (χ0) is 38.9. The fraction of sp³-hybridized carbons (Fsp3) is 0. The van der Waals surface area contributed by atoms with Crippen LogP contribution < -0.4 is 14.7 Å². The van der Waals surface area contributed by atoms with Crippen LogP contribution in [0.25, 0.3) is 43.5 Å². The maximum absolute atomic E-state index is 5.23. The Balaban J connectivity index is 0.997. The highest BCUT2D eigenvalue weighted by Crippen LogP contribution is 2.57. The molecule has 10 aromatic rings. The van der Waals surface area contributed by atoms with Crippen molar-refractivity contribution < 1.29 is 0 Å². The smallest absolute Gasteiger partial charge is 0.173 e. The molecule has 0 unspecified atom stereocenters. The number of benzene rings is 9. The second-order valence-corrected chi connectivity index (χ2v) is 16.5. The van der Waals surface area contributed by atoms with Gasteiger partial charge in [-0.05, 0) is 107 Å². The maximum atomic E-state index is 5.23. The standard InChI is InChI=1S/C52H33N5S2/c1-2-18-38(19-3-1)55-46-24-10-11-27-49(46)58-50-33-36(28-31-47(50)55)51-53-52(59-54-51)37-29-30-45-48(32-37)57(42-26-13-17-35-15-5-7-21-40(35)42)44-23-9-8-22-43(44)56(45)41-25-12-16-34-14-4-6-20-39(34)41/h1-33H. The average molecular weight is 792 g/mol. The molecule has 5 nitrogen and oxygen atoms in total. The number of hydrogen-bond acceptors (Lipinski definition) is 7. The van der Waals surface area contributed by atoms with Crippen LogP contribution in [0.2, 0.25) is 0 Å². The van der Waals surface area contributed by atoms with Crippen molar-refractivity contribution in [3.8, 4) is 22.0 Å². The van der Waals surface area contributed by atoms with Crippen LogP contribution in [-0.2, 0) is 0 Å². The van der Waals surface area contributed by atoms with Gasteiger partial charge in [0.15, 0.2) is 5.82 Å². The summed E-state index contributed by atoms with van der Waals surface area (Å²) in [5, 5.41) is 5.67. The van der Waals surface area contributed by atoms with Gasteiger partial charge in [-0.25, -0.2) is 4.98 Å². The van der Waals surface area contributed by atoms with Crippen molar-refractivity contribution in [2.75, 3.05) is 14.7 Å². The molecule has 59 heavy (non-hydrogen) atoms. The van der Waals surface area contributed by atoms with Crippen LogP contribution >= 0.6 is 23.3 Å². The van der Waals surface area contributed by atoms with Crippen molar-refractivity contribution in [3.63, 3.8) is 0 Å². The summed E-state index contributed by atoms with van der Waals surface area (Å²) in [5.41, 5.74) is 12.2. The molecule has 0 radical (unpaired) electrons. The zero-order valence-corrected chi connectivity index (χ0v) is 33.2. The van der Waals surface area contributed by atoms with Crippen LogP contribution in [0.4, 0.5) is 51.2 Å². The van der Waals surface area contributed by atoms with E-state index in [0.29, 0.717) is 0 Å². The van der Waals surface area contributed by atoms with Crippen LogP contribution in [0.1, 0.15) is 0 Å². The molecule has 9 aromatic carbocycles. The fourth-order valence-corrected chi connectivity index (χ4v) is 10.4. The fourth-order valence-electron chi connectivity index (χ4n) is 8.66. The van der Waals surface area contributed by atoms with E-state index in [1.165, 1.54) is 48.6 Å². The highest BCUT2D eigenvalue weighted by Gasteiger charge is 2.33. The van der Waals surface area contributed by atoms with Gasteiger partial charge in [-0.2, -0.15) is 4.37 Å². The Morgan fingerprint density at radius 1 is 0.356 bits per heavy atom. The molecule has 0 aliphatic carbocycles. The van der Waals surface area contributed by atoms with E-state index in [1.807, 2.05) is 0 Å². The lowest BCUT2D eigenvalue weighted by Crippen LogP contribution is -2.24. The first-order valence-corrected chi connectivity index (χ1v) is 21.3.